The van der Waals surface area contributed by atoms with Crippen molar-refractivity contribution >= 4 is 21.6 Å². The highest BCUT2D eigenvalue weighted by atomic mass is 32.2. The van der Waals surface area contributed by atoms with Crippen molar-refractivity contribution in [3.05, 3.63) is 94.5 Å². The van der Waals surface area contributed by atoms with Crippen LogP contribution in [0.4, 0.5) is 5.69 Å². The summed E-state index contributed by atoms with van der Waals surface area (Å²) in [6.07, 6.45) is 3.64. The molecule has 0 aliphatic carbocycles. The molecule has 0 radical (unpaired) electrons. The van der Waals surface area contributed by atoms with E-state index in [9.17, 15) is 13.2 Å². The zero-order valence-corrected chi connectivity index (χ0v) is 23.1. The highest BCUT2D eigenvalue weighted by Gasteiger charge is 2.39. The van der Waals surface area contributed by atoms with Crippen molar-refractivity contribution < 1.29 is 17.9 Å². The van der Waals surface area contributed by atoms with Crippen molar-refractivity contribution in [1.82, 2.24) is 5.32 Å². The number of aryl methyl sites for hydroxylation is 2. The topological polar surface area (TPSA) is 75.7 Å². The van der Waals surface area contributed by atoms with Crippen LogP contribution in [0.5, 0.6) is 5.75 Å². The van der Waals surface area contributed by atoms with E-state index in [1.54, 1.807) is 12.1 Å². The van der Waals surface area contributed by atoms with Crippen LogP contribution in [0.2, 0.25) is 0 Å². The molecule has 37 heavy (non-hydrogen) atoms. The van der Waals surface area contributed by atoms with E-state index >= 15 is 0 Å². The number of fused-ring (bicyclic) bond motifs is 1. The van der Waals surface area contributed by atoms with Crippen LogP contribution in [0.15, 0.2) is 66.7 Å². The fraction of sp³-hybridized carbons (Fsp3) is 0.367. The maximum atomic E-state index is 13.2. The van der Waals surface area contributed by atoms with Gasteiger partial charge in [0.1, 0.15) is 11.4 Å². The summed E-state index contributed by atoms with van der Waals surface area (Å²) in [6, 6.07) is 20.6. The lowest BCUT2D eigenvalue weighted by atomic mass is 9.83. The van der Waals surface area contributed by atoms with Crippen molar-refractivity contribution in [2.45, 2.75) is 65.1 Å². The van der Waals surface area contributed by atoms with Crippen molar-refractivity contribution in [3.63, 3.8) is 0 Å². The number of sulfonamides is 1. The Balaban J connectivity index is 1.53. The summed E-state index contributed by atoms with van der Waals surface area (Å²) in [7, 11) is -3.50. The van der Waals surface area contributed by atoms with Gasteiger partial charge < -0.3 is 10.1 Å². The number of carbonyl (C=O) groups is 1. The molecule has 0 aromatic heterocycles. The van der Waals surface area contributed by atoms with E-state index in [1.807, 2.05) is 68.4 Å². The van der Waals surface area contributed by atoms with Gasteiger partial charge in [-0.3, -0.25) is 9.10 Å². The molecule has 1 atom stereocenters. The number of nitrogens with zero attached hydrogens (tertiary/aromatic N) is 1. The van der Waals surface area contributed by atoms with Crippen LogP contribution in [-0.4, -0.2) is 26.2 Å². The van der Waals surface area contributed by atoms with Crippen LogP contribution in [0, 0.1) is 13.8 Å². The minimum atomic E-state index is -3.50. The normalized spacial score (nSPS) is 16.4. The zero-order chi connectivity index (χ0) is 26.8. The number of benzene rings is 3. The molecule has 4 rings (SSSR count). The van der Waals surface area contributed by atoms with E-state index in [0.29, 0.717) is 17.7 Å². The van der Waals surface area contributed by atoms with Gasteiger partial charge in [0.25, 0.3) is 5.91 Å². The zero-order valence-electron chi connectivity index (χ0n) is 22.2. The summed E-state index contributed by atoms with van der Waals surface area (Å²) in [5.41, 5.74) is 4.65. The number of para-hydroxylation sites is 1. The van der Waals surface area contributed by atoms with Gasteiger partial charge in [0, 0.05) is 17.5 Å². The Kier molecular flexibility index (Phi) is 7.64. The molecule has 1 aliphatic rings. The van der Waals surface area contributed by atoms with E-state index in [-0.39, 0.29) is 24.1 Å². The largest absolute Gasteiger partial charge is 0.487 e. The van der Waals surface area contributed by atoms with Crippen LogP contribution in [-0.2, 0) is 16.6 Å². The fourth-order valence-corrected chi connectivity index (χ4v) is 5.97. The monoisotopic (exact) mass is 520 g/mol. The molecule has 196 valence electrons. The van der Waals surface area contributed by atoms with Crippen LogP contribution in [0.25, 0.3) is 0 Å². The molecule has 1 aliphatic heterocycles. The first-order valence-corrected chi connectivity index (χ1v) is 14.6. The summed E-state index contributed by atoms with van der Waals surface area (Å²) in [5.74, 6) is 0.661. The number of carbonyl (C=O) groups excluding carboxylic acids is 1. The maximum Gasteiger partial charge on any atom is 0.251 e. The van der Waals surface area contributed by atoms with Gasteiger partial charge in [-0.05, 0) is 73.7 Å². The van der Waals surface area contributed by atoms with Gasteiger partial charge in [0.15, 0.2) is 0 Å². The summed E-state index contributed by atoms with van der Waals surface area (Å²) < 4.78 is 33.0. The quantitative estimate of drug-likeness (QED) is 0.390. The molecule has 0 unspecified atom stereocenters. The predicted octanol–water partition coefficient (Wildman–Crippen LogP) is 6.08. The highest BCUT2D eigenvalue weighted by Crippen LogP contribution is 2.42. The molecule has 6 nitrogen and oxygen atoms in total. The Morgan fingerprint density at radius 2 is 1.62 bits per heavy atom. The number of ether oxygens (including phenoxy) is 1. The van der Waals surface area contributed by atoms with Crippen LogP contribution >= 0.6 is 0 Å². The van der Waals surface area contributed by atoms with Gasteiger partial charge in [-0.25, -0.2) is 8.42 Å². The van der Waals surface area contributed by atoms with Crippen LogP contribution in [0.3, 0.4) is 0 Å². The maximum absolute atomic E-state index is 13.2. The third-order valence-electron chi connectivity index (χ3n) is 7.23. The van der Waals surface area contributed by atoms with Crippen molar-refractivity contribution in [3.8, 4) is 5.75 Å². The lowest BCUT2D eigenvalue weighted by Crippen LogP contribution is -2.44. The first-order chi connectivity index (χ1) is 17.5. The van der Waals surface area contributed by atoms with E-state index in [4.69, 9.17) is 4.74 Å². The lowest BCUT2D eigenvalue weighted by Gasteiger charge is -2.41. The van der Waals surface area contributed by atoms with Gasteiger partial charge >= 0.3 is 0 Å². The van der Waals surface area contributed by atoms with Crippen molar-refractivity contribution in [2.75, 3.05) is 10.6 Å². The molecule has 3 aromatic rings. The Labute approximate surface area is 220 Å². The van der Waals surface area contributed by atoms with Crippen molar-refractivity contribution in [2.24, 2.45) is 0 Å². The Morgan fingerprint density at radius 3 is 2.22 bits per heavy atom. The summed E-state index contributed by atoms with van der Waals surface area (Å²) in [6.45, 7) is 8.32. The Bertz CT molecular complexity index is 1360. The molecule has 1 N–H and O–H groups in total. The molecule has 0 saturated carbocycles. The minimum Gasteiger partial charge on any atom is -0.487 e. The fourth-order valence-electron chi connectivity index (χ4n) is 5.09. The van der Waals surface area contributed by atoms with Gasteiger partial charge in [0.05, 0.1) is 24.5 Å². The molecule has 0 fully saturated rings. The number of rotatable bonds is 8. The van der Waals surface area contributed by atoms with E-state index in [0.717, 1.165) is 40.8 Å². The van der Waals surface area contributed by atoms with Gasteiger partial charge in [-0.2, -0.15) is 0 Å². The summed E-state index contributed by atoms with van der Waals surface area (Å²) >= 11 is 0. The highest BCUT2D eigenvalue weighted by molar-refractivity contribution is 7.92. The summed E-state index contributed by atoms with van der Waals surface area (Å²) in [5, 5.41) is 3.21. The predicted molar refractivity (Wildman–Crippen MR) is 149 cm³/mol. The minimum absolute atomic E-state index is 0.151. The van der Waals surface area contributed by atoms with Crippen molar-refractivity contribution in [1.29, 1.82) is 0 Å². The third kappa shape index (κ3) is 5.99. The number of anilines is 1. The smallest absolute Gasteiger partial charge is 0.251 e. The van der Waals surface area contributed by atoms with Crippen LogP contribution < -0.4 is 14.4 Å². The average molecular weight is 521 g/mol. The number of hydrogen-bond donors (Lipinski definition) is 1. The molecule has 3 aromatic carbocycles. The van der Waals surface area contributed by atoms with Crippen LogP contribution in [0.1, 0.15) is 71.8 Å². The Morgan fingerprint density at radius 1 is 1.00 bits per heavy atom. The van der Waals surface area contributed by atoms with E-state index in [2.05, 4.69) is 19.2 Å². The number of amides is 1. The van der Waals surface area contributed by atoms with E-state index in [1.165, 1.54) is 10.6 Å². The van der Waals surface area contributed by atoms with Gasteiger partial charge in [-0.1, -0.05) is 50.2 Å². The molecule has 1 heterocycles. The SMILES string of the molecule is CCC1(CC)C[C@@H](NC(=O)c2ccc(CN(c3cc(C)cc(C)c3)S(C)(=O)=O)cc2)c2ccccc2O1. The molecule has 0 saturated heterocycles. The van der Waals surface area contributed by atoms with Gasteiger partial charge in [-0.15, -0.1) is 0 Å². The lowest BCUT2D eigenvalue weighted by molar-refractivity contribution is 0.0227. The summed E-state index contributed by atoms with van der Waals surface area (Å²) in [4.78, 5) is 13.2. The molecule has 7 heteroatoms. The van der Waals surface area contributed by atoms with Gasteiger partial charge in [0.2, 0.25) is 10.0 Å². The third-order valence-corrected chi connectivity index (χ3v) is 8.37. The molecule has 0 bridgehead atoms. The number of hydrogen-bond acceptors (Lipinski definition) is 4. The first-order valence-electron chi connectivity index (χ1n) is 12.8. The second kappa shape index (κ2) is 10.6. The number of nitrogens with one attached hydrogen (secondary N) is 1. The molecule has 1 amide bonds. The standard InChI is InChI=1S/C30H36N2O4S/c1-6-30(7-2)19-27(26-10-8-9-11-28(26)36-30)31-29(33)24-14-12-23(13-15-24)20-32(37(5,34)35)25-17-21(3)16-22(4)18-25/h8-18,27H,6-7,19-20H2,1-5H3,(H,31,33)/t27-/m1/s1. The molecular weight excluding hydrogens is 484 g/mol. The second-order valence-corrected chi connectivity index (χ2v) is 12.0. The second-order valence-electron chi connectivity index (χ2n) is 10.1. The van der Waals surface area contributed by atoms with E-state index < -0.39 is 10.0 Å². The molecular formula is C30H36N2O4S. The molecule has 0 spiro atoms. The Hall–Kier alpha value is -3.32. The average Bonchev–Trinajstić information content (AvgIpc) is 2.86. The first kappa shape index (κ1) is 26.7.